The number of aliphatic carboxylic acids is 1. The van der Waals surface area contributed by atoms with E-state index >= 15 is 8.78 Å². The Morgan fingerprint density at radius 1 is 1.02 bits per heavy atom. The summed E-state index contributed by atoms with van der Waals surface area (Å²) in [6.45, 7) is 8.90. The number of benzene rings is 1. The number of carbonyl (C=O) groups excluding carboxylic acids is 1. The van der Waals surface area contributed by atoms with Gasteiger partial charge in [0.1, 0.15) is 17.0 Å². The van der Waals surface area contributed by atoms with E-state index in [0.29, 0.717) is 50.3 Å². The lowest BCUT2D eigenvalue weighted by Gasteiger charge is -2.52. The van der Waals surface area contributed by atoms with Gasteiger partial charge in [-0.25, -0.2) is 23.5 Å². The molecule has 2 N–H and O–H groups in total. The summed E-state index contributed by atoms with van der Waals surface area (Å²) >= 11 is 0. The summed E-state index contributed by atoms with van der Waals surface area (Å²) in [4.78, 5) is 39.5. The number of hydrogen-bond donors (Lipinski definition) is 2. The Kier molecular flexibility index (Phi) is 9.76. The summed E-state index contributed by atoms with van der Waals surface area (Å²) in [6.07, 6.45) is 8.74. The SMILES string of the molecule is CCC1(CC)CN(c2ncc(C(=O)NC3(C(=O)O)C(C)CC4CC(C)CC3C4)c(C(C)(F)F)n2)c2ccc(OC3CCC(N4CC(F)(F)C4)CC3)cc21. The van der Waals surface area contributed by atoms with Crippen molar-refractivity contribution in [1.82, 2.24) is 20.2 Å². The van der Waals surface area contributed by atoms with Crippen LogP contribution in [0.25, 0.3) is 0 Å². The van der Waals surface area contributed by atoms with E-state index in [4.69, 9.17) is 4.74 Å². The second-order valence-electron chi connectivity index (χ2n) is 17.0. The largest absolute Gasteiger partial charge is 0.490 e. The van der Waals surface area contributed by atoms with Gasteiger partial charge in [-0.05, 0) is 112 Å². The van der Waals surface area contributed by atoms with Crippen molar-refractivity contribution in [2.45, 2.75) is 134 Å². The van der Waals surface area contributed by atoms with Gasteiger partial charge in [0.25, 0.3) is 17.8 Å². The second kappa shape index (κ2) is 13.7. The number of nitrogens with zero attached hydrogens (tertiary/aromatic N) is 4. The monoisotopic (exact) mass is 743 g/mol. The first-order valence-electron chi connectivity index (χ1n) is 19.5. The van der Waals surface area contributed by atoms with Crippen molar-refractivity contribution in [1.29, 1.82) is 0 Å². The molecule has 4 fully saturated rings. The van der Waals surface area contributed by atoms with Crippen molar-refractivity contribution >= 4 is 23.5 Å². The fourth-order valence-corrected chi connectivity index (χ4v) is 10.6. The lowest BCUT2D eigenvalue weighted by atomic mass is 9.56. The number of fused-ring (bicyclic) bond motifs is 3. The molecule has 3 aliphatic carbocycles. The summed E-state index contributed by atoms with van der Waals surface area (Å²) in [5.41, 5.74) is -1.33. The second-order valence-corrected chi connectivity index (χ2v) is 17.0. The van der Waals surface area contributed by atoms with Crippen LogP contribution in [0.3, 0.4) is 0 Å². The van der Waals surface area contributed by atoms with Gasteiger partial charge in [-0.15, -0.1) is 0 Å². The highest BCUT2D eigenvalue weighted by atomic mass is 19.3. The molecule has 0 radical (unpaired) electrons. The Balaban J connectivity index is 1.14. The van der Waals surface area contributed by atoms with Gasteiger partial charge in [-0.2, -0.15) is 8.78 Å². The molecule has 5 aliphatic rings. The minimum absolute atomic E-state index is 0.0302. The van der Waals surface area contributed by atoms with Gasteiger partial charge in [0.05, 0.1) is 24.8 Å². The van der Waals surface area contributed by atoms with Crippen LogP contribution in [0.2, 0.25) is 0 Å². The highest BCUT2D eigenvalue weighted by molar-refractivity contribution is 5.99. The van der Waals surface area contributed by atoms with Crippen LogP contribution in [-0.4, -0.2) is 75.1 Å². The number of amides is 1. The smallest absolute Gasteiger partial charge is 0.329 e. The van der Waals surface area contributed by atoms with Crippen LogP contribution in [0.15, 0.2) is 24.4 Å². The van der Waals surface area contributed by atoms with Crippen molar-refractivity contribution in [2.24, 2.45) is 23.7 Å². The van der Waals surface area contributed by atoms with E-state index in [2.05, 4.69) is 36.1 Å². The predicted octanol–water partition coefficient (Wildman–Crippen LogP) is 8.08. The van der Waals surface area contributed by atoms with Crippen LogP contribution in [0.4, 0.5) is 29.2 Å². The average molecular weight is 744 g/mol. The van der Waals surface area contributed by atoms with Crippen molar-refractivity contribution in [2.75, 3.05) is 24.5 Å². The number of carbonyl (C=O) groups is 2. The first-order valence-corrected chi connectivity index (χ1v) is 19.5. The van der Waals surface area contributed by atoms with E-state index in [-0.39, 0.29) is 48.4 Å². The van der Waals surface area contributed by atoms with E-state index < -0.39 is 40.5 Å². The van der Waals surface area contributed by atoms with E-state index in [0.717, 1.165) is 62.4 Å². The normalized spacial score (nSPS) is 32.1. The number of anilines is 2. The maximum atomic E-state index is 15.4. The fraction of sp³-hybridized carbons (Fsp3) is 0.700. The highest BCUT2D eigenvalue weighted by Gasteiger charge is 2.57. The first kappa shape index (κ1) is 37.8. The van der Waals surface area contributed by atoms with Gasteiger partial charge in [-0.1, -0.05) is 27.7 Å². The topological polar surface area (TPSA) is 108 Å². The molecule has 5 unspecified atom stereocenters. The molecule has 2 aliphatic heterocycles. The minimum Gasteiger partial charge on any atom is -0.490 e. The van der Waals surface area contributed by atoms with Gasteiger partial charge in [-0.3, -0.25) is 9.69 Å². The van der Waals surface area contributed by atoms with E-state index in [9.17, 15) is 23.5 Å². The molecule has 3 saturated carbocycles. The Bertz CT molecular complexity index is 1710. The molecule has 3 heterocycles. The van der Waals surface area contributed by atoms with Crippen LogP contribution in [0, 0.1) is 23.7 Å². The van der Waals surface area contributed by atoms with Gasteiger partial charge < -0.3 is 20.1 Å². The lowest BCUT2D eigenvalue weighted by Crippen LogP contribution is -2.66. The lowest BCUT2D eigenvalue weighted by molar-refractivity contribution is -0.155. The van der Waals surface area contributed by atoms with Crippen LogP contribution in [-0.2, 0) is 16.1 Å². The maximum Gasteiger partial charge on any atom is 0.329 e. The molecule has 1 aromatic heterocycles. The number of carboxylic acid groups (broad SMARTS) is 1. The molecule has 7 rings (SSSR count). The maximum absolute atomic E-state index is 15.4. The summed E-state index contributed by atoms with van der Waals surface area (Å²) in [7, 11) is 0. The third-order valence-corrected chi connectivity index (χ3v) is 13.5. The van der Waals surface area contributed by atoms with Crippen molar-refractivity contribution in [3.63, 3.8) is 0 Å². The molecule has 1 aromatic carbocycles. The number of ether oxygens (including phenoxy) is 1. The number of likely N-dealkylation sites (tertiary alicyclic amines) is 1. The third-order valence-electron chi connectivity index (χ3n) is 13.5. The number of rotatable bonds is 10. The molecular weight excluding hydrogens is 690 g/mol. The third kappa shape index (κ3) is 6.77. The van der Waals surface area contributed by atoms with E-state index in [1.165, 1.54) is 0 Å². The zero-order chi connectivity index (χ0) is 38.1. The quantitative estimate of drug-likeness (QED) is 0.235. The van der Waals surface area contributed by atoms with E-state index in [1.54, 1.807) is 0 Å². The zero-order valence-electron chi connectivity index (χ0n) is 31.4. The van der Waals surface area contributed by atoms with Gasteiger partial charge >= 0.3 is 5.97 Å². The molecule has 9 nitrogen and oxygen atoms in total. The number of aromatic nitrogens is 2. The number of carboxylic acids is 1. The Hall–Kier alpha value is -3.48. The molecule has 1 amide bonds. The van der Waals surface area contributed by atoms with Crippen LogP contribution < -0.4 is 15.0 Å². The standard InChI is InChI=1S/C40H53F4N5O4/c1-6-38(7-2)20-49(32-13-12-29(18-31(32)38)53-28-10-8-27(9-11-28)48-21-39(43,44)22-48)36-45-19-30(33(46-36)37(5,41)42)34(50)47-40(35(51)52)24(4)16-25-14-23(3)15-26(40)17-25/h12-13,18-19,23-28H,6-11,14-17,20-22H2,1-5H3,(H,47,50)(H,51,52). The molecule has 53 heavy (non-hydrogen) atoms. The zero-order valence-corrected chi connectivity index (χ0v) is 31.4. The van der Waals surface area contributed by atoms with E-state index in [1.807, 2.05) is 34.9 Å². The minimum atomic E-state index is -3.52. The fourth-order valence-electron chi connectivity index (χ4n) is 10.6. The van der Waals surface area contributed by atoms with Crippen LogP contribution in [0.5, 0.6) is 5.75 Å². The summed E-state index contributed by atoms with van der Waals surface area (Å²) in [5, 5.41) is 13.4. The van der Waals surface area contributed by atoms with Crippen LogP contribution in [0.1, 0.15) is 120 Å². The molecule has 5 atom stereocenters. The number of halogens is 4. The Labute approximate surface area is 309 Å². The first-order chi connectivity index (χ1) is 25.0. The molecule has 2 bridgehead atoms. The highest BCUT2D eigenvalue weighted by Crippen LogP contribution is 2.51. The van der Waals surface area contributed by atoms with Crippen molar-refractivity contribution in [3.8, 4) is 5.75 Å². The molecule has 290 valence electrons. The van der Waals surface area contributed by atoms with Crippen LogP contribution >= 0.6 is 0 Å². The molecule has 0 spiro atoms. The van der Waals surface area contributed by atoms with Crippen molar-refractivity contribution in [3.05, 3.63) is 41.2 Å². The summed E-state index contributed by atoms with van der Waals surface area (Å²) < 4.78 is 64.2. The summed E-state index contributed by atoms with van der Waals surface area (Å²) in [5.74, 6) is -7.42. The molecular formula is C40H53F4N5O4. The number of hydrogen-bond acceptors (Lipinski definition) is 7. The van der Waals surface area contributed by atoms with Gasteiger partial charge in [0, 0.05) is 36.8 Å². The molecule has 13 heteroatoms. The number of nitrogens with one attached hydrogen (secondary N) is 1. The van der Waals surface area contributed by atoms with Crippen molar-refractivity contribution < 1.29 is 37.0 Å². The molecule has 2 aromatic rings. The summed E-state index contributed by atoms with van der Waals surface area (Å²) in [6, 6.07) is 5.94. The Morgan fingerprint density at radius 3 is 2.34 bits per heavy atom. The average Bonchev–Trinajstić information content (AvgIpc) is 3.42. The predicted molar refractivity (Wildman–Crippen MR) is 192 cm³/mol. The Morgan fingerprint density at radius 2 is 1.72 bits per heavy atom. The van der Waals surface area contributed by atoms with Gasteiger partial charge in [0.15, 0.2) is 0 Å². The number of alkyl halides is 4. The van der Waals surface area contributed by atoms with Gasteiger partial charge in [0.2, 0.25) is 5.95 Å². The molecule has 1 saturated heterocycles.